The molecule has 0 aromatic heterocycles. The van der Waals surface area contributed by atoms with E-state index in [9.17, 15) is 9.59 Å². The predicted molar refractivity (Wildman–Crippen MR) is 177 cm³/mol. The Morgan fingerprint density at radius 2 is 1.55 bits per heavy atom. The number of benzene rings is 3. The molecule has 1 N–H and O–H groups in total. The SMILES string of the molecule is CCOc1ccc(N2C(=O)C(CC(=O)Nc3ccc(OC)cc3)N(CCCN3CCN(Cc4ccccc4)CC3)C2=S)cc1. The minimum absolute atomic E-state index is 0.00328. The molecule has 2 aliphatic rings. The normalized spacial score (nSPS) is 17.6. The van der Waals surface area contributed by atoms with Crippen molar-refractivity contribution in [2.45, 2.75) is 32.4 Å². The van der Waals surface area contributed by atoms with Gasteiger partial charge in [0.2, 0.25) is 5.91 Å². The highest BCUT2D eigenvalue weighted by Gasteiger charge is 2.44. The van der Waals surface area contributed by atoms with E-state index in [0.717, 1.165) is 51.4 Å². The molecule has 3 aromatic rings. The fraction of sp³-hybridized carbons (Fsp3) is 0.382. The summed E-state index contributed by atoms with van der Waals surface area (Å²) >= 11 is 5.87. The summed E-state index contributed by atoms with van der Waals surface area (Å²) in [7, 11) is 1.60. The second kappa shape index (κ2) is 15.1. The smallest absolute Gasteiger partial charge is 0.256 e. The number of nitrogens with one attached hydrogen (secondary N) is 1. The summed E-state index contributed by atoms with van der Waals surface area (Å²) in [5.74, 6) is 0.988. The van der Waals surface area contributed by atoms with Crippen molar-refractivity contribution < 1.29 is 19.1 Å². The first-order chi connectivity index (χ1) is 21.4. The maximum Gasteiger partial charge on any atom is 0.256 e. The lowest BCUT2D eigenvalue weighted by molar-refractivity contribution is -0.124. The van der Waals surface area contributed by atoms with Crippen LogP contribution in [-0.4, -0.2) is 90.7 Å². The molecule has 10 heteroatoms. The molecular formula is C34H41N5O4S. The third kappa shape index (κ3) is 7.93. The van der Waals surface area contributed by atoms with E-state index in [0.29, 0.717) is 35.4 Å². The summed E-state index contributed by atoms with van der Waals surface area (Å²) in [5, 5.41) is 3.34. The van der Waals surface area contributed by atoms with Gasteiger partial charge in [0.1, 0.15) is 17.5 Å². The van der Waals surface area contributed by atoms with Gasteiger partial charge in [-0.05, 0) is 86.2 Å². The highest BCUT2D eigenvalue weighted by molar-refractivity contribution is 7.80. The fourth-order valence-corrected chi connectivity index (χ4v) is 6.14. The first-order valence-corrected chi connectivity index (χ1v) is 15.7. The molecule has 9 nitrogen and oxygen atoms in total. The third-order valence-electron chi connectivity index (χ3n) is 8.06. The molecule has 1 unspecified atom stereocenters. The quantitative estimate of drug-likeness (QED) is 0.279. The molecule has 3 aromatic carbocycles. The third-order valence-corrected chi connectivity index (χ3v) is 8.48. The van der Waals surface area contributed by atoms with Crippen LogP contribution in [-0.2, 0) is 16.1 Å². The van der Waals surface area contributed by atoms with Crippen molar-refractivity contribution in [1.29, 1.82) is 0 Å². The van der Waals surface area contributed by atoms with Gasteiger partial charge in [0.05, 0.1) is 25.8 Å². The van der Waals surface area contributed by atoms with Gasteiger partial charge in [-0.25, -0.2) is 0 Å². The number of thiocarbonyl (C=S) groups is 1. The van der Waals surface area contributed by atoms with Gasteiger partial charge >= 0.3 is 0 Å². The Bertz CT molecular complexity index is 1400. The summed E-state index contributed by atoms with van der Waals surface area (Å²) in [6, 6.07) is 24.4. The second-order valence-electron chi connectivity index (χ2n) is 11.0. The molecule has 2 aliphatic heterocycles. The molecule has 0 spiro atoms. The molecule has 0 aliphatic carbocycles. The molecule has 2 heterocycles. The Hall–Kier alpha value is -3.99. The summed E-state index contributed by atoms with van der Waals surface area (Å²) in [6.07, 6.45) is 0.830. The summed E-state index contributed by atoms with van der Waals surface area (Å²) in [4.78, 5) is 35.4. The summed E-state index contributed by atoms with van der Waals surface area (Å²) < 4.78 is 10.8. The zero-order chi connectivity index (χ0) is 30.9. The predicted octanol–water partition coefficient (Wildman–Crippen LogP) is 4.63. The highest BCUT2D eigenvalue weighted by Crippen LogP contribution is 2.29. The lowest BCUT2D eigenvalue weighted by Gasteiger charge is -2.35. The number of amides is 2. The standard InChI is InChI=1S/C34H41N5O4S/c1-3-43-30-16-12-28(13-17-30)39-33(41)31(24-32(40)35-27-10-14-29(42-2)15-11-27)38(34(39)44)19-7-18-36-20-22-37(23-21-36)25-26-8-5-4-6-9-26/h4-6,8-17,31H,3,7,18-25H2,1-2H3,(H,35,40). The largest absolute Gasteiger partial charge is 0.497 e. The maximum absolute atomic E-state index is 13.8. The minimum atomic E-state index is -0.685. The number of hydrogen-bond donors (Lipinski definition) is 1. The number of rotatable bonds is 13. The number of carbonyl (C=O) groups excluding carboxylic acids is 2. The van der Waals surface area contributed by atoms with Crippen LogP contribution in [0.2, 0.25) is 0 Å². The molecule has 5 rings (SSSR count). The van der Waals surface area contributed by atoms with Gasteiger partial charge in [-0.2, -0.15) is 0 Å². The van der Waals surface area contributed by atoms with Gasteiger partial charge < -0.3 is 24.6 Å². The Morgan fingerprint density at radius 3 is 2.20 bits per heavy atom. The van der Waals surface area contributed by atoms with Crippen LogP contribution in [0.25, 0.3) is 0 Å². The molecular weight excluding hydrogens is 574 g/mol. The lowest BCUT2D eigenvalue weighted by atomic mass is 10.1. The molecule has 2 saturated heterocycles. The number of methoxy groups -OCH3 is 1. The topological polar surface area (TPSA) is 77.6 Å². The number of carbonyl (C=O) groups is 2. The summed E-state index contributed by atoms with van der Waals surface area (Å²) in [6.45, 7) is 9.00. The number of piperazine rings is 1. The van der Waals surface area contributed by atoms with E-state index < -0.39 is 6.04 Å². The average molecular weight is 616 g/mol. The zero-order valence-corrected chi connectivity index (χ0v) is 26.3. The summed E-state index contributed by atoms with van der Waals surface area (Å²) in [5.41, 5.74) is 2.65. The molecule has 0 saturated carbocycles. The number of ether oxygens (including phenoxy) is 2. The Balaban J connectivity index is 1.21. The van der Waals surface area contributed by atoms with Crippen molar-refractivity contribution in [3.8, 4) is 11.5 Å². The Morgan fingerprint density at radius 1 is 0.886 bits per heavy atom. The van der Waals surface area contributed by atoms with Crippen LogP contribution in [0.3, 0.4) is 0 Å². The number of anilines is 2. The van der Waals surface area contributed by atoms with E-state index in [-0.39, 0.29) is 18.2 Å². The molecule has 2 fully saturated rings. The van der Waals surface area contributed by atoms with Crippen LogP contribution in [0, 0.1) is 0 Å². The van der Waals surface area contributed by atoms with Crippen molar-refractivity contribution in [3.63, 3.8) is 0 Å². The monoisotopic (exact) mass is 615 g/mol. The molecule has 0 radical (unpaired) electrons. The van der Waals surface area contributed by atoms with Crippen molar-refractivity contribution in [3.05, 3.63) is 84.4 Å². The zero-order valence-electron chi connectivity index (χ0n) is 25.5. The van der Waals surface area contributed by atoms with Gasteiger partial charge in [0.25, 0.3) is 5.91 Å². The second-order valence-corrected chi connectivity index (χ2v) is 11.4. The Kier molecular flexibility index (Phi) is 10.8. The first kappa shape index (κ1) is 31.4. The van der Waals surface area contributed by atoms with Crippen LogP contribution >= 0.6 is 12.2 Å². The van der Waals surface area contributed by atoms with Crippen LogP contribution in [0.4, 0.5) is 11.4 Å². The van der Waals surface area contributed by atoms with Crippen molar-refractivity contribution >= 4 is 40.5 Å². The first-order valence-electron chi connectivity index (χ1n) is 15.2. The van der Waals surface area contributed by atoms with Crippen molar-refractivity contribution in [1.82, 2.24) is 14.7 Å². The van der Waals surface area contributed by atoms with Gasteiger partial charge in [-0.3, -0.25) is 19.4 Å². The van der Waals surface area contributed by atoms with Crippen LogP contribution in [0.5, 0.6) is 11.5 Å². The molecule has 0 bridgehead atoms. The van der Waals surface area contributed by atoms with Gasteiger partial charge in [-0.15, -0.1) is 0 Å². The molecule has 232 valence electrons. The van der Waals surface area contributed by atoms with Crippen molar-refractivity contribution in [2.24, 2.45) is 0 Å². The van der Waals surface area contributed by atoms with E-state index in [4.69, 9.17) is 21.7 Å². The Labute approximate surface area is 265 Å². The van der Waals surface area contributed by atoms with E-state index >= 15 is 0 Å². The van der Waals surface area contributed by atoms with Gasteiger partial charge in [0, 0.05) is 45.0 Å². The number of nitrogens with zero attached hydrogens (tertiary/aromatic N) is 4. The van der Waals surface area contributed by atoms with E-state index in [1.807, 2.05) is 36.1 Å². The molecule has 2 amide bonds. The molecule has 1 atom stereocenters. The molecule has 44 heavy (non-hydrogen) atoms. The number of hydrogen-bond acceptors (Lipinski definition) is 7. The van der Waals surface area contributed by atoms with Crippen LogP contribution in [0.1, 0.15) is 25.3 Å². The fourth-order valence-electron chi connectivity index (χ4n) is 5.72. The van der Waals surface area contributed by atoms with Gasteiger partial charge in [-0.1, -0.05) is 30.3 Å². The van der Waals surface area contributed by atoms with E-state index in [1.165, 1.54) is 5.56 Å². The van der Waals surface area contributed by atoms with Crippen LogP contribution in [0.15, 0.2) is 78.9 Å². The maximum atomic E-state index is 13.8. The van der Waals surface area contributed by atoms with E-state index in [1.54, 1.807) is 36.3 Å². The highest BCUT2D eigenvalue weighted by atomic mass is 32.1. The minimum Gasteiger partial charge on any atom is -0.497 e. The average Bonchev–Trinajstić information content (AvgIpc) is 3.27. The van der Waals surface area contributed by atoms with Crippen LogP contribution < -0.4 is 19.7 Å². The van der Waals surface area contributed by atoms with Gasteiger partial charge in [0.15, 0.2) is 5.11 Å². The van der Waals surface area contributed by atoms with E-state index in [2.05, 4.69) is 45.4 Å². The van der Waals surface area contributed by atoms with Crippen molar-refractivity contribution in [2.75, 3.05) is 63.2 Å². The lowest BCUT2D eigenvalue weighted by Crippen LogP contribution is -2.47.